The third kappa shape index (κ3) is 6.32. The molecule has 0 aliphatic carbocycles. The maximum Gasteiger partial charge on any atom is 0.269 e. The number of amides is 3. The smallest absolute Gasteiger partial charge is 0.269 e. The molecule has 0 unspecified atom stereocenters. The highest BCUT2D eigenvalue weighted by molar-refractivity contribution is 7.90. The zero-order valence-electron chi connectivity index (χ0n) is 22.0. The molecule has 1 aliphatic heterocycles. The number of halogens is 2. The van der Waals surface area contributed by atoms with Crippen molar-refractivity contribution in [2.45, 2.75) is 50.2 Å². The van der Waals surface area contributed by atoms with E-state index in [2.05, 4.69) is 5.32 Å². The zero-order chi connectivity index (χ0) is 29.0. The van der Waals surface area contributed by atoms with E-state index in [1.807, 2.05) is 44.2 Å². The van der Waals surface area contributed by atoms with Crippen LogP contribution in [0.4, 0.5) is 0 Å². The summed E-state index contributed by atoms with van der Waals surface area (Å²) in [6.45, 7) is 2.89. The zero-order valence-corrected chi connectivity index (χ0v) is 24.3. The standard InChI is InChI=1S/C29H29Cl2N3O5S/c1-3-19(2)32-28(36)25(15-20-9-5-4-6-10-20)33(17-21-13-14-22(30)16-24(21)31)27(35)18-34-29(37)23-11-7-8-12-26(23)40(34,38)39/h4-14,16,19,25H,3,15,17-18H2,1-2H3,(H,32,36)/t19-,25+/m1/s1. The number of rotatable bonds is 10. The summed E-state index contributed by atoms with van der Waals surface area (Å²) >= 11 is 12.5. The van der Waals surface area contributed by atoms with Gasteiger partial charge in [-0.3, -0.25) is 14.4 Å². The first-order valence-electron chi connectivity index (χ1n) is 12.8. The Hall–Kier alpha value is -3.40. The number of benzene rings is 3. The van der Waals surface area contributed by atoms with Gasteiger partial charge in [0.05, 0.1) is 5.56 Å². The summed E-state index contributed by atoms with van der Waals surface area (Å²) in [6, 6.07) is 18.6. The van der Waals surface area contributed by atoms with E-state index >= 15 is 0 Å². The highest BCUT2D eigenvalue weighted by Crippen LogP contribution is 2.30. The summed E-state index contributed by atoms with van der Waals surface area (Å²) in [6.07, 6.45) is 0.820. The fraction of sp³-hybridized carbons (Fsp3) is 0.276. The summed E-state index contributed by atoms with van der Waals surface area (Å²) < 4.78 is 27.0. The van der Waals surface area contributed by atoms with Gasteiger partial charge in [-0.05, 0) is 48.7 Å². The number of hydrogen-bond acceptors (Lipinski definition) is 5. The maximum absolute atomic E-state index is 14.0. The molecule has 0 saturated heterocycles. The highest BCUT2D eigenvalue weighted by atomic mass is 35.5. The molecule has 1 aliphatic rings. The molecular formula is C29H29Cl2N3O5S. The number of fused-ring (bicyclic) bond motifs is 1. The van der Waals surface area contributed by atoms with Crippen molar-refractivity contribution in [2.24, 2.45) is 0 Å². The highest BCUT2D eigenvalue weighted by Gasteiger charge is 2.43. The second-order valence-corrected chi connectivity index (χ2v) is 12.3. The summed E-state index contributed by atoms with van der Waals surface area (Å²) in [5.41, 5.74) is 1.30. The van der Waals surface area contributed by atoms with Gasteiger partial charge in [0.25, 0.3) is 15.9 Å². The van der Waals surface area contributed by atoms with Crippen LogP contribution in [0.25, 0.3) is 0 Å². The molecule has 3 aromatic rings. The van der Waals surface area contributed by atoms with E-state index in [-0.39, 0.29) is 34.5 Å². The van der Waals surface area contributed by atoms with Crippen LogP contribution in [0.2, 0.25) is 10.0 Å². The lowest BCUT2D eigenvalue weighted by molar-refractivity contribution is -0.141. The van der Waals surface area contributed by atoms with Crippen LogP contribution in [0.5, 0.6) is 0 Å². The van der Waals surface area contributed by atoms with Crippen molar-refractivity contribution in [1.82, 2.24) is 14.5 Å². The first-order valence-corrected chi connectivity index (χ1v) is 15.0. The number of carbonyl (C=O) groups is 3. The van der Waals surface area contributed by atoms with Crippen LogP contribution < -0.4 is 5.32 Å². The van der Waals surface area contributed by atoms with Gasteiger partial charge in [-0.25, -0.2) is 12.7 Å². The van der Waals surface area contributed by atoms with Gasteiger partial charge in [0, 0.05) is 29.1 Å². The van der Waals surface area contributed by atoms with E-state index in [4.69, 9.17) is 23.2 Å². The third-order valence-electron chi connectivity index (χ3n) is 6.82. The van der Waals surface area contributed by atoms with Gasteiger partial charge in [-0.1, -0.05) is 78.7 Å². The molecule has 1 N–H and O–H groups in total. The minimum atomic E-state index is -4.25. The molecule has 2 atom stereocenters. The Labute approximate surface area is 243 Å². The van der Waals surface area contributed by atoms with Crippen LogP contribution in [-0.4, -0.2) is 54.0 Å². The molecule has 3 amide bonds. The topological polar surface area (TPSA) is 104 Å². The second-order valence-electron chi connectivity index (χ2n) is 9.59. The Balaban J connectivity index is 1.74. The Morgan fingerprint density at radius 1 is 1.00 bits per heavy atom. The van der Waals surface area contributed by atoms with E-state index in [1.165, 1.54) is 29.2 Å². The molecule has 3 aromatic carbocycles. The molecule has 40 heavy (non-hydrogen) atoms. The van der Waals surface area contributed by atoms with Gasteiger partial charge >= 0.3 is 0 Å². The van der Waals surface area contributed by atoms with Crippen LogP contribution in [0, 0.1) is 0 Å². The molecule has 210 valence electrons. The van der Waals surface area contributed by atoms with E-state index in [0.717, 1.165) is 5.56 Å². The average Bonchev–Trinajstić information content (AvgIpc) is 3.12. The predicted octanol–water partition coefficient (Wildman–Crippen LogP) is 4.69. The SMILES string of the molecule is CC[C@@H](C)NC(=O)[C@H](Cc1ccccc1)N(Cc1ccc(Cl)cc1Cl)C(=O)CN1C(=O)c2ccccc2S1(=O)=O. The van der Waals surface area contributed by atoms with Crippen LogP contribution in [0.15, 0.2) is 77.7 Å². The van der Waals surface area contributed by atoms with E-state index in [1.54, 1.807) is 18.2 Å². The largest absolute Gasteiger partial charge is 0.352 e. The third-order valence-corrected chi connectivity index (χ3v) is 9.19. The number of nitrogens with one attached hydrogen (secondary N) is 1. The molecular weight excluding hydrogens is 573 g/mol. The molecule has 0 fully saturated rings. The minimum absolute atomic E-state index is 0.00190. The Morgan fingerprint density at radius 3 is 2.33 bits per heavy atom. The van der Waals surface area contributed by atoms with Crippen LogP contribution >= 0.6 is 23.2 Å². The molecule has 0 radical (unpaired) electrons. The molecule has 0 saturated carbocycles. The molecule has 1 heterocycles. The van der Waals surface area contributed by atoms with E-state index < -0.39 is 40.3 Å². The quantitative estimate of drug-likeness (QED) is 0.363. The minimum Gasteiger partial charge on any atom is -0.352 e. The van der Waals surface area contributed by atoms with Crippen molar-refractivity contribution in [3.05, 3.63) is 99.5 Å². The Morgan fingerprint density at radius 2 is 1.68 bits per heavy atom. The van der Waals surface area contributed by atoms with Crippen molar-refractivity contribution in [3.63, 3.8) is 0 Å². The summed E-state index contributed by atoms with van der Waals surface area (Å²) in [7, 11) is -4.25. The number of nitrogens with zero attached hydrogens (tertiary/aromatic N) is 2. The van der Waals surface area contributed by atoms with Gasteiger partial charge in [-0.2, -0.15) is 0 Å². The normalized spacial score (nSPS) is 15.3. The lowest BCUT2D eigenvalue weighted by Gasteiger charge is -2.33. The number of sulfonamides is 1. The van der Waals surface area contributed by atoms with Crippen LogP contribution in [0.3, 0.4) is 0 Å². The lowest BCUT2D eigenvalue weighted by Crippen LogP contribution is -2.54. The summed E-state index contributed by atoms with van der Waals surface area (Å²) in [5, 5.41) is 3.62. The fourth-order valence-electron chi connectivity index (χ4n) is 4.43. The van der Waals surface area contributed by atoms with Gasteiger partial charge in [0.1, 0.15) is 17.5 Å². The molecule has 0 spiro atoms. The van der Waals surface area contributed by atoms with Crippen LogP contribution in [-0.2, 0) is 32.6 Å². The van der Waals surface area contributed by atoms with Gasteiger partial charge in [-0.15, -0.1) is 0 Å². The van der Waals surface area contributed by atoms with Crippen molar-refractivity contribution in [1.29, 1.82) is 0 Å². The van der Waals surface area contributed by atoms with Crippen LogP contribution in [0.1, 0.15) is 41.8 Å². The Kier molecular flexibility index (Phi) is 9.18. The van der Waals surface area contributed by atoms with Crippen molar-refractivity contribution >= 4 is 50.9 Å². The van der Waals surface area contributed by atoms with Gasteiger partial charge in [0.2, 0.25) is 11.8 Å². The van der Waals surface area contributed by atoms with Gasteiger partial charge in [0.15, 0.2) is 0 Å². The molecule has 0 bridgehead atoms. The summed E-state index contributed by atoms with van der Waals surface area (Å²) in [5.74, 6) is -1.93. The fourth-order valence-corrected chi connectivity index (χ4v) is 6.42. The lowest BCUT2D eigenvalue weighted by atomic mass is 10.0. The predicted molar refractivity (Wildman–Crippen MR) is 154 cm³/mol. The first kappa shape index (κ1) is 29.6. The molecule has 0 aromatic heterocycles. The van der Waals surface area contributed by atoms with Crippen molar-refractivity contribution in [2.75, 3.05) is 6.54 Å². The number of carbonyl (C=O) groups excluding carboxylic acids is 3. The van der Waals surface area contributed by atoms with E-state index in [9.17, 15) is 22.8 Å². The first-order chi connectivity index (χ1) is 19.0. The Bertz CT molecular complexity index is 1530. The van der Waals surface area contributed by atoms with E-state index in [0.29, 0.717) is 21.3 Å². The second kappa shape index (κ2) is 12.4. The maximum atomic E-state index is 14.0. The summed E-state index contributed by atoms with van der Waals surface area (Å²) in [4.78, 5) is 41.8. The average molecular weight is 603 g/mol. The molecule has 11 heteroatoms. The van der Waals surface area contributed by atoms with Gasteiger partial charge < -0.3 is 10.2 Å². The van der Waals surface area contributed by atoms with Crippen molar-refractivity contribution in [3.8, 4) is 0 Å². The molecule has 8 nitrogen and oxygen atoms in total. The number of hydrogen-bond donors (Lipinski definition) is 1. The van der Waals surface area contributed by atoms with Crippen molar-refractivity contribution < 1.29 is 22.8 Å². The molecule has 4 rings (SSSR count). The monoisotopic (exact) mass is 601 g/mol.